The summed E-state index contributed by atoms with van der Waals surface area (Å²) in [5.74, 6) is 0.681. The van der Waals surface area contributed by atoms with Gasteiger partial charge in [0.1, 0.15) is 11.7 Å². The van der Waals surface area contributed by atoms with Crippen molar-refractivity contribution in [3.8, 4) is 0 Å². The third kappa shape index (κ3) is 5.88. The van der Waals surface area contributed by atoms with Gasteiger partial charge in [-0.15, -0.1) is 0 Å². The Morgan fingerprint density at radius 3 is 2.45 bits per heavy atom. The lowest BCUT2D eigenvalue weighted by atomic mass is 10.1. The summed E-state index contributed by atoms with van der Waals surface area (Å²) in [5.41, 5.74) is 13.5. The number of aromatic amines is 1. The number of halogens is 1. The number of H-pyrrole nitrogens is 1. The van der Waals surface area contributed by atoms with E-state index in [0.717, 1.165) is 49.7 Å². The minimum absolute atomic E-state index is 0.0688. The zero-order chi connectivity index (χ0) is 26.6. The molecule has 3 heterocycles. The number of amidine groups is 1. The predicted octanol–water partition coefficient (Wildman–Crippen LogP) is 3.71. The molecule has 0 spiro atoms. The number of rotatable bonds is 8. The number of amides is 1. The molecule has 1 aromatic heterocycles. The van der Waals surface area contributed by atoms with E-state index in [9.17, 15) is 9.18 Å². The molecule has 2 fully saturated rings. The Kier molecular flexibility index (Phi) is 7.45. The SMILES string of the molecule is C/C(N)=C/C(N)=Nc1cc(N2CCC2)[nH+]c(Sc2ccc(NC(=O)c3c(F)cccc3N3CCC3)cc2)n1. The molecule has 0 bridgehead atoms. The Balaban J connectivity index is 1.32. The number of hydrogen-bond acceptors (Lipinski definition) is 7. The maximum Gasteiger partial charge on any atom is 0.303 e. The van der Waals surface area contributed by atoms with Crippen LogP contribution in [0.25, 0.3) is 0 Å². The summed E-state index contributed by atoms with van der Waals surface area (Å²) in [5, 5.41) is 3.48. The van der Waals surface area contributed by atoms with Gasteiger partial charge in [-0.1, -0.05) is 11.1 Å². The quantitative estimate of drug-likeness (QED) is 0.229. The van der Waals surface area contributed by atoms with Crippen LogP contribution in [0.5, 0.6) is 0 Å². The maximum atomic E-state index is 14.6. The number of aromatic nitrogens is 2. The summed E-state index contributed by atoms with van der Waals surface area (Å²) in [7, 11) is 0. The van der Waals surface area contributed by atoms with E-state index in [4.69, 9.17) is 11.5 Å². The van der Waals surface area contributed by atoms with Gasteiger partial charge in [-0.2, -0.15) is 4.99 Å². The first-order valence-electron chi connectivity index (χ1n) is 12.5. The Labute approximate surface area is 224 Å². The van der Waals surface area contributed by atoms with E-state index >= 15 is 0 Å². The largest absolute Gasteiger partial charge is 0.402 e. The van der Waals surface area contributed by atoms with Crippen LogP contribution in [0.1, 0.15) is 30.1 Å². The van der Waals surface area contributed by atoms with Crippen LogP contribution in [0.15, 0.2) is 75.3 Å². The third-order valence-corrected chi connectivity index (χ3v) is 7.17. The molecule has 2 saturated heterocycles. The zero-order valence-corrected chi connectivity index (χ0v) is 21.9. The molecule has 0 radical (unpaired) electrons. The molecule has 9 nitrogen and oxygen atoms in total. The lowest BCUT2D eigenvalue weighted by Crippen LogP contribution is -2.41. The van der Waals surface area contributed by atoms with E-state index in [2.05, 4.69) is 25.2 Å². The van der Waals surface area contributed by atoms with E-state index < -0.39 is 11.7 Å². The summed E-state index contributed by atoms with van der Waals surface area (Å²) in [6.07, 6.45) is 3.76. The first-order valence-corrected chi connectivity index (χ1v) is 13.3. The molecule has 5 rings (SSSR count). The maximum absolute atomic E-state index is 14.6. The second kappa shape index (κ2) is 11.1. The van der Waals surface area contributed by atoms with Crippen LogP contribution in [0.3, 0.4) is 0 Å². The van der Waals surface area contributed by atoms with Crippen LogP contribution in [0.4, 0.5) is 27.4 Å². The van der Waals surface area contributed by atoms with E-state index in [0.29, 0.717) is 28.0 Å². The van der Waals surface area contributed by atoms with Crippen molar-refractivity contribution in [2.75, 3.05) is 41.3 Å². The number of nitrogens with one attached hydrogen (secondary N) is 2. The first kappa shape index (κ1) is 25.5. The van der Waals surface area contributed by atoms with Crippen molar-refractivity contribution in [2.24, 2.45) is 16.5 Å². The van der Waals surface area contributed by atoms with Gasteiger partial charge < -0.3 is 21.7 Å². The van der Waals surface area contributed by atoms with Gasteiger partial charge in [-0.25, -0.2) is 9.37 Å². The molecule has 6 N–H and O–H groups in total. The Hall–Kier alpha value is -4.12. The van der Waals surface area contributed by atoms with Crippen molar-refractivity contribution >= 4 is 46.5 Å². The minimum Gasteiger partial charge on any atom is -0.402 e. The predicted molar refractivity (Wildman–Crippen MR) is 149 cm³/mol. The molecule has 196 valence electrons. The standard InChI is InChI=1S/C27H29FN8OS/c1-17(29)15-22(30)32-23-16-24(36-13-4-14-36)34-27(33-23)38-19-9-7-18(8-10-19)31-26(37)25-20(28)5-2-6-21(25)35-11-3-12-35/h2,5-10,15-16H,3-4,11-14,29H2,1H3,(H,31,37)(H2,30,32,33,34)/p+1/b17-15-. The summed E-state index contributed by atoms with van der Waals surface area (Å²) < 4.78 is 14.6. The molecule has 2 aliphatic rings. The van der Waals surface area contributed by atoms with Gasteiger partial charge in [-0.3, -0.25) is 9.69 Å². The lowest BCUT2D eigenvalue weighted by Gasteiger charge is -2.34. The number of aliphatic imine (C=N–C) groups is 1. The molecular weight excluding hydrogens is 503 g/mol. The van der Waals surface area contributed by atoms with Crippen molar-refractivity contribution in [1.29, 1.82) is 0 Å². The van der Waals surface area contributed by atoms with Crippen LogP contribution in [-0.4, -0.2) is 42.9 Å². The molecule has 2 aliphatic heterocycles. The number of carbonyl (C=O) groups is 1. The van der Waals surface area contributed by atoms with Gasteiger partial charge in [0.2, 0.25) is 11.6 Å². The molecule has 1 amide bonds. The van der Waals surface area contributed by atoms with Crippen molar-refractivity contribution in [1.82, 2.24) is 4.98 Å². The Morgan fingerprint density at radius 1 is 1.11 bits per heavy atom. The molecule has 0 aliphatic carbocycles. The normalized spacial score (nSPS) is 15.6. The van der Waals surface area contributed by atoms with Gasteiger partial charge in [0.25, 0.3) is 5.91 Å². The van der Waals surface area contributed by atoms with Crippen LogP contribution < -0.4 is 31.6 Å². The highest BCUT2D eigenvalue weighted by atomic mass is 32.2. The van der Waals surface area contributed by atoms with Crippen LogP contribution in [-0.2, 0) is 0 Å². The van der Waals surface area contributed by atoms with Gasteiger partial charge in [0.15, 0.2) is 0 Å². The molecule has 0 atom stereocenters. The average Bonchev–Trinajstić information content (AvgIpc) is 2.77. The van der Waals surface area contributed by atoms with Crippen LogP contribution in [0, 0.1) is 5.82 Å². The van der Waals surface area contributed by atoms with Crippen LogP contribution >= 0.6 is 11.8 Å². The first-order chi connectivity index (χ1) is 18.4. The van der Waals surface area contributed by atoms with Gasteiger partial charge in [0, 0.05) is 35.8 Å². The van der Waals surface area contributed by atoms with Gasteiger partial charge >= 0.3 is 5.16 Å². The van der Waals surface area contributed by atoms with Crippen LogP contribution in [0.2, 0.25) is 0 Å². The number of hydrogen-bond donors (Lipinski definition) is 3. The molecule has 0 saturated carbocycles. The molecule has 38 heavy (non-hydrogen) atoms. The summed E-state index contributed by atoms with van der Waals surface area (Å²) >= 11 is 1.43. The number of nitrogens with two attached hydrogens (primary N) is 2. The van der Waals surface area contributed by atoms with E-state index in [1.54, 1.807) is 37.3 Å². The van der Waals surface area contributed by atoms with Crippen molar-refractivity contribution < 1.29 is 14.2 Å². The number of nitrogens with zero attached hydrogens (tertiary/aromatic N) is 4. The molecule has 2 aromatic carbocycles. The molecule has 3 aromatic rings. The van der Waals surface area contributed by atoms with Crippen molar-refractivity contribution in [2.45, 2.75) is 29.8 Å². The highest BCUT2D eigenvalue weighted by Crippen LogP contribution is 2.30. The highest BCUT2D eigenvalue weighted by molar-refractivity contribution is 7.99. The fourth-order valence-corrected chi connectivity index (χ4v) is 4.92. The summed E-state index contributed by atoms with van der Waals surface area (Å²) in [6, 6.07) is 13.9. The van der Waals surface area contributed by atoms with Gasteiger partial charge in [0.05, 0.1) is 30.4 Å². The van der Waals surface area contributed by atoms with Gasteiger partial charge in [-0.05, 0) is 67.6 Å². The Bertz CT molecular complexity index is 1400. The fourth-order valence-electron chi connectivity index (χ4n) is 4.13. The molecule has 0 unspecified atom stereocenters. The number of allylic oxidation sites excluding steroid dienone is 1. The number of benzene rings is 2. The molecule has 11 heteroatoms. The average molecular weight is 534 g/mol. The zero-order valence-electron chi connectivity index (χ0n) is 21.1. The van der Waals surface area contributed by atoms with E-state index in [-0.39, 0.29) is 11.4 Å². The highest BCUT2D eigenvalue weighted by Gasteiger charge is 2.25. The smallest absolute Gasteiger partial charge is 0.303 e. The Morgan fingerprint density at radius 2 is 1.82 bits per heavy atom. The lowest BCUT2D eigenvalue weighted by molar-refractivity contribution is -0.420. The number of anilines is 3. The second-order valence-corrected chi connectivity index (χ2v) is 10.3. The molecular formula is C27H30FN8OS+. The monoisotopic (exact) mass is 533 g/mol. The van der Waals surface area contributed by atoms with E-state index in [1.807, 2.05) is 23.1 Å². The topological polar surface area (TPSA) is 127 Å². The van der Waals surface area contributed by atoms with Crippen molar-refractivity contribution in [3.05, 3.63) is 71.7 Å². The van der Waals surface area contributed by atoms with E-state index in [1.165, 1.54) is 17.8 Å². The summed E-state index contributed by atoms with van der Waals surface area (Å²) in [6.45, 7) is 5.31. The number of carbonyl (C=O) groups excluding carboxylic acids is 1. The fraction of sp³-hybridized carbons (Fsp3) is 0.259. The van der Waals surface area contributed by atoms with Crippen molar-refractivity contribution in [3.63, 3.8) is 0 Å². The third-order valence-electron chi connectivity index (χ3n) is 6.28. The second-order valence-electron chi connectivity index (χ2n) is 9.25. The minimum atomic E-state index is -0.529. The summed E-state index contributed by atoms with van der Waals surface area (Å²) in [4.78, 5) is 30.5.